The van der Waals surface area contributed by atoms with Gasteiger partial charge in [0.1, 0.15) is 5.75 Å². The second kappa shape index (κ2) is 6.51. The maximum atomic E-state index is 11.9. The highest BCUT2D eigenvalue weighted by atomic mass is 79.9. The van der Waals surface area contributed by atoms with Gasteiger partial charge < -0.3 is 4.74 Å². The fourth-order valence-electron chi connectivity index (χ4n) is 3.57. The minimum atomic E-state index is 0.284. The molecule has 1 saturated carbocycles. The number of fused-ring (bicyclic) bond motifs is 1. The van der Waals surface area contributed by atoms with E-state index in [0.29, 0.717) is 11.8 Å². The van der Waals surface area contributed by atoms with Crippen LogP contribution in [0, 0.1) is 5.41 Å². The molecule has 0 saturated heterocycles. The summed E-state index contributed by atoms with van der Waals surface area (Å²) in [6.07, 6.45) is 9.16. The molecule has 0 aromatic heterocycles. The van der Waals surface area contributed by atoms with Crippen LogP contribution in [0.5, 0.6) is 5.75 Å². The van der Waals surface area contributed by atoms with Gasteiger partial charge in [-0.1, -0.05) is 35.2 Å². The van der Waals surface area contributed by atoms with E-state index in [4.69, 9.17) is 4.74 Å². The van der Waals surface area contributed by atoms with Gasteiger partial charge in [-0.15, -0.1) is 0 Å². The van der Waals surface area contributed by atoms with E-state index in [1.165, 1.54) is 37.7 Å². The molecular weight excluding hydrogens is 328 g/mol. The highest BCUT2D eigenvalue weighted by Gasteiger charge is 2.32. The standard InChI is InChI=1S/C18H23BrO2/c19-12-18(9-2-1-3-10-18)13-21-15-7-8-16-14(11-15)5-4-6-17(16)20/h7-8,11H,1-6,9-10,12-13H2. The Bertz CT molecular complexity index is 518. The van der Waals surface area contributed by atoms with Crippen LogP contribution < -0.4 is 4.74 Å². The van der Waals surface area contributed by atoms with Crippen molar-refractivity contribution in [3.8, 4) is 5.75 Å². The van der Waals surface area contributed by atoms with Crippen LogP contribution in [0.3, 0.4) is 0 Å². The molecule has 0 N–H and O–H groups in total. The number of benzene rings is 1. The molecule has 2 aliphatic carbocycles. The number of carbonyl (C=O) groups excluding carboxylic acids is 1. The van der Waals surface area contributed by atoms with Gasteiger partial charge in [-0.05, 0) is 49.4 Å². The minimum Gasteiger partial charge on any atom is -0.493 e. The van der Waals surface area contributed by atoms with Crippen molar-refractivity contribution in [3.05, 3.63) is 29.3 Å². The van der Waals surface area contributed by atoms with Gasteiger partial charge >= 0.3 is 0 Å². The maximum absolute atomic E-state index is 11.9. The summed E-state index contributed by atoms with van der Waals surface area (Å²) in [5, 5.41) is 1.02. The molecule has 0 amide bonds. The Morgan fingerprint density at radius 1 is 1.10 bits per heavy atom. The smallest absolute Gasteiger partial charge is 0.163 e. The fraction of sp³-hybridized carbons (Fsp3) is 0.611. The SMILES string of the molecule is O=C1CCCc2cc(OCC3(CBr)CCCCC3)ccc21. The van der Waals surface area contributed by atoms with Gasteiger partial charge in [0.25, 0.3) is 0 Å². The number of aryl methyl sites for hydroxylation is 1. The van der Waals surface area contributed by atoms with Crippen LogP contribution in [0.4, 0.5) is 0 Å². The lowest BCUT2D eigenvalue weighted by Crippen LogP contribution is -2.32. The summed E-state index contributed by atoms with van der Waals surface area (Å²) in [5.74, 6) is 1.21. The molecule has 0 heterocycles. The van der Waals surface area contributed by atoms with Crippen LogP contribution in [0.2, 0.25) is 0 Å². The normalized spacial score (nSPS) is 20.9. The van der Waals surface area contributed by atoms with Gasteiger partial charge in [-0.25, -0.2) is 0 Å². The van der Waals surface area contributed by atoms with E-state index in [2.05, 4.69) is 22.0 Å². The lowest BCUT2D eigenvalue weighted by molar-refractivity contribution is 0.0972. The van der Waals surface area contributed by atoms with Gasteiger partial charge in [0, 0.05) is 22.7 Å². The highest BCUT2D eigenvalue weighted by molar-refractivity contribution is 9.09. The third kappa shape index (κ3) is 3.33. The quantitative estimate of drug-likeness (QED) is 0.719. The zero-order chi connectivity index (χ0) is 14.7. The summed E-state index contributed by atoms with van der Waals surface area (Å²) in [7, 11) is 0. The molecule has 2 aliphatic rings. The molecule has 0 spiro atoms. The van der Waals surface area contributed by atoms with Crippen LogP contribution in [-0.2, 0) is 6.42 Å². The third-order valence-electron chi connectivity index (χ3n) is 4.97. The van der Waals surface area contributed by atoms with Crippen LogP contribution in [-0.4, -0.2) is 17.7 Å². The van der Waals surface area contributed by atoms with E-state index in [1.54, 1.807) is 0 Å². The lowest BCUT2D eigenvalue weighted by Gasteiger charge is -2.35. The van der Waals surface area contributed by atoms with Crippen LogP contribution in [0.15, 0.2) is 18.2 Å². The molecule has 2 nitrogen and oxygen atoms in total. The average Bonchev–Trinajstić information content (AvgIpc) is 2.54. The summed E-state index contributed by atoms with van der Waals surface area (Å²) < 4.78 is 6.10. The predicted molar refractivity (Wildman–Crippen MR) is 88.5 cm³/mol. The highest BCUT2D eigenvalue weighted by Crippen LogP contribution is 2.38. The molecule has 1 aromatic rings. The van der Waals surface area contributed by atoms with Crippen molar-refractivity contribution in [3.63, 3.8) is 0 Å². The first-order valence-corrected chi connectivity index (χ1v) is 9.20. The molecule has 3 rings (SSSR count). The molecule has 0 aliphatic heterocycles. The molecule has 3 heteroatoms. The monoisotopic (exact) mass is 350 g/mol. The number of hydrogen-bond donors (Lipinski definition) is 0. The second-order valence-corrected chi connectivity index (χ2v) is 7.14. The number of rotatable bonds is 4. The Balaban J connectivity index is 1.69. The van der Waals surface area contributed by atoms with Gasteiger partial charge in [-0.3, -0.25) is 4.79 Å². The number of Topliss-reactive ketones (excluding diaryl/α,β-unsaturated/α-hetero) is 1. The van der Waals surface area contributed by atoms with Crippen molar-refractivity contribution in [2.24, 2.45) is 5.41 Å². The molecule has 21 heavy (non-hydrogen) atoms. The molecule has 1 fully saturated rings. The second-order valence-electron chi connectivity index (χ2n) is 6.58. The molecule has 0 radical (unpaired) electrons. The first-order chi connectivity index (χ1) is 10.2. The van der Waals surface area contributed by atoms with Crippen LogP contribution in [0.1, 0.15) is 60.9 Å². The molecule has 0 bridgehead atoms. The first-order valence-electron chi connectivity index (χ1n) is 8.07. The number of alkyl halides is 1. The Hall–Kier alpha value is -0.830. The molecule has 1 aromatic carbocycles. The van der Waals surface area contributed by atoms with E-state index in [1.807, 2.05) is 12.1 Å². The minimum absolute atomic E-state index is 0.284. The number of ether oxygens (including phenoxy) is 1. The summed E-state index contributed by atoms with van der Waals surface area (Å²) >= 11 is 3.68. The van der Waals surface area contributed by atoms with Gasteiger partial charge in [0.15, 0.2) is 5.78 Å². The zero-order valence-electron chi connectivity index (χ0n) is 12.5. The first kappa shape index (κ1) is 15.1. The maximum Gasteiger partial charge on any atom is 0.163 e. The Kier molecular flexibility index (Phi) is 4.68. The summed E-state index contributed by atoms with van der Waals surface area (Å²) in [6, 6.07) is 6.00. The van der Waals surface area contributed by atoms with Crippen molar-refractivity contribution in [2.45, 2.75) is 51.4 Å². The largest absolute Gasteiger partial charge is 0.493 e. The Morgan fingerprint density at radius 2 is 1.90 bits per heavy atom. The number of ketones is 1. The average molecular weight is 351 g/mol. The van der Waals surface area contributed by atoms with Crippen molar-refractivity contribution in [2.75, 3.05) is 11.9 Å². The van der Waals surface area contributed by atoms with E-state index < -0.39 is 0 Å². The van der Waals surface area contributed by atoms with E-state index >= 15 is 0 Å². The predicted octanol–water partition coefficient (Wildman–Crippen LogP) is 4.93. The van der Waals surface area contributed by atoms with E-state index in [-0.39, 0.29) is 5.78 Å². The third-order valence-corrected chi connectivity index (χ3v) is 6.16. The molecule has 0 atom stereocenters. The van der Waals surface area contributed by atoms with Crippen LogP contribution in [0.25, 0.3) is 0 Å². The van der Waals surface area contributed by atoms with Gasteiger partial charge in [0.2, 0.25) is 0 Å². The zero-order valence-corrected chi connectivity index (χ0v) is 14.1. The van der Waals surface area contributed by atoms with Crippen molar-refractivity contribution >= 4 is 21.7 Å². The molecule has 0 unspecified atom stereocenters. The van der Waals surface area contributed by atoms with Gasteiger partial charge in [-0.2, -0.15) is 0 Å². The Labute approximate surface area is 135 Å². The Morgan fingerprint density at radius 3 is 2.67 bits per heavy atom. The van der Waals surface area contributed by atoms with E-state index in [0.717, 1.165) is 36.1 Å². The van der Waals surface area contributed by atoms with E-state index in [9.17, 15) is 4.79 Å². The molecular formula is C18H23BrO2. The number of hydrogen-bond acceptors (Lipinski definition) is 2. The summed E-state index contributed by atoms with van der Waals surface area (Å²) in [6.45, 7) is 0.783. The fourth-order valence-corrected chi connectivity index (χ4v) is 4.29. The summed E-state index contributed by atoms with van der Waals surface area (Å²) in [4.78, 5) is 11.9. The summed E-state index contributed by atoms with van der Waals surface area (Å²) in [5.41, 5.74) is 2.37. The van der Waals surface area contributed by atoms with Crippen LogP contribution >= 0.6 is 15.9 Å². The molecule has 114 valence electrons. The number of halogens is 1. The van der Waals surface area contributed by atoms with Crippen molar-refractivity contribution in [1.29, 1.82) is 0 Å². The topological polar surface area (TPSA) is 26.3 Å². The van der Waals surface area contributed by atoms with Crippen molar-refractivity contribution < 1.29 is 9.53 Å². The number of carbonyl (C=O) groups is 1. The van der Waals surface area contributed by atoms with Crippen molar-refractivity contribution in [1.82, 2.24) is 0 Å². The lowest BCUT2D eigenvalue weighted by atomic mass is 9.76. The van der Waals surface area contributed by atoms with Gasteiger partial charge in [0.05, 0.1) is 6.61 Å².